The Morgan fingerprint density at radius 3 is 2.31 bits per heavy atom. The van der Waals surface area contributed by atoms with E-state index in [-0.39, 0.29) is 11.6 Å². The standard InChI is InChI=1S/C24H19FN6O5/c1-14(32)27-20-13-19(11-12-26-20)36-18-9-5-16(6-10-18)28-22(33)21-23(34)30(2)24(35)31(29-21)17-7-3-15(25)4-8-17/h3-13H,1-2H3,(H,28,33)(H,26,27,32). The number of anilines is 2. The second kappa shape index (κ2) is 10.0. The van der Waals surface area contributed by atoms with Gasteiger partial charge in [0.05, 0.1) is 5.69 Å². The van der Waals surface area contributed by atoms with Gasteiger partial charge in [-0.25, -0.2) is 14.2 Å². The van der Waals surface area contributed by atoms with Gasteiger partial charge in [0.1, 0.15) is 23.1 Å². The lowest BCUT2D eigenvalue weighted by Crippen LogP contribution is -2.43. The third-order valence-electron chi connectivity index (χ3n) is 4.84. The maximum Gasteiger partial charge on any atom is 0.351 e. The number of ether oxygens (including phenoxy) is 1. The number of aromatic nitrogens is 4. The van der Waals surface area contributed by atoms with Gasteiger partial charge >= 0.3 is 5.69 Å². The molecule has 2 heterocycles. The Morgan fingerprint density at radius 2 is 1.64 bits per heavy atom. The summed E-state index contributed by atoms with van der Waals surface area (Å²) in [6.07, 6.45) is 1.48. The molecule has 2 aromatic heterocycles. The lowest BCUT2D eigenvalue weighted by molar-refractivity contribution is -0.114. The summed E-state index contributed by atoms with van der Waals surface area (Å²) in [5.74, 6) is -0.418. The van der Waals surface area contributed by atoms with Crippen LogP contribution < -0.4 is 26.6 Å². The van der Waals surface area contributed by atoms with Crippen LogP contribution in [-0.4, -0.2) is 31.1 Å². The average Bonchev–Trinajstić information content (AvgIpc) is 2.84. The Kier molecular flexibility index (Phi) is 6.68. The predicted octanol–water partition coefficient (Wildman–Crippen LogP) is 2.47. The molecule has 0 aliphatic carbocycles. The number of amides is 2. The van der Waals surface area contributed by atoms with Crippen LogP contribution in [0.4, 0.5) is 15.9 Å². The van der Waals surface area contributed by atoms with Crippen molar-refractivity contribution in [3.8, 4) is 17.2 Å². The lowest BCUT2D eigenvalue weighted by Gasteiger charge is -2.11. The van der Waals surface area contributed by atoms with Gasteiger partial charge in [0, 0.05) is 31.9 Å². The van der Waals surface area contributed by atoms with Crippen molar-refractivity contribution in [2.45, 2.75) is 6.92 Å². The van der Waals surface area contributed by atoms with Gasteiger partial charge in [-0.2, -0.15) is 9.78 Å². The SMILES string of the molecule is CC(=O)Nc1cc(Oc2ccc(NC(=O)c3nn(-c4ccc(F)cc4)c(=O)n(C)c3=O)cc2)ccn1. The van der Waals surface area contributed by atoms with E-state index in [4.69, 9.17) is 4.74 Å². The molecule has 0 spiro atoms. The highest BCUT2D eigenvalue weighted by Crippen LogP contribution is 2.24. The van der Waals surface area contributed by atoms with Crippen molar-refractivity contribution in [2.24, 2.45) is 7.05 Å². The van der Waals surface area contributed by atoms with Gasteiger partial charge in [-0.3, -0.25) is 19.0 Å². The third-order valence-corrected chi connectivity index (χ3v) is 4.84. The summed E-state index contributed by atoms with van der Waals surface area (Å²) < 4.78 is 20.6. The van der Waals surface area contributed by atoms with Gasteiger partial charge in [0.15, 0.2) is 0 Å². The number of pyridine rings is 1. The van der Waals surface area contributed by atoms with Crippen molar-refractivity contribution in [1.82, 2.24) is 19.3 Å². The Hall–Kier alpha value is -5.13. The van der Waals surface area contributed by atoms with Crippen LogP contribution in [0, 0.1) is 5.82 Å². The molecular formula is C24H19FN6O5. The summed E-state index contributed by atoms with van der Waals surface area (Å²) in [6.45, 7) is 1.37. The second-order valence-corrected chi connectivity index (χ2v) is 7.52. The Bertz CT molecular complexity index is 1560. The van der Waals surface area contributed by atoms with E-state index in [1.54, 1.807) is 36.4 Å². The highest BCUT2D eigenvalue weighted by atomic mass is 19.1. The number of carbonyl (C=O) groups excluding carboxylic acids is 2. The highest BCUT2D eigenvalue weighted by molar-refractivity contribution is 6.02. The summed E-state index contributed by atoms with van der Waals surface area (Å²) in [7, 11) is 1.21. The molecule has 4 aromatic rings. The molecule has 0 aliphatic heterocycles. The van der Waals surface area contributed by atoms with Gasteiger partial charge in [-0.15, -0.1) is 0 Å². The van der Waals surface area contributed by atoms with Gasteiger partial charge in [-0.1, -0.05) is 0 Å². The molecule has 36 heavy (non-hydrogen) atoms. The molecule has 0 radical (unpaired) electrons. The maximum absolute atomic E-state index is 13.3. The molecule has 2 N–H and O–H groups in total. The molecule has 4 rings (SSSR count). The van der Waals surface area contributed by atoms with Gasteiger partial charge in [0.2, 0.25) is 11.6 Å². The maximum atomic E-state index is 13.3. The number of hydrogen-bond acceptors (Lipinski definition) is 7. The molecule has 0 aliphatic rings. The predicted molar refractivity (Wildman–Crippen MR) is 128 cm³/mol. The smallest absolute Gasteiger partial charge is 0.351 e. The molecule has 0 saturated carbocycles. The summed E-state index contributed by atoms with van der Waals surface area (Å²) in [5.41, 5.74) is -1.68. The quantitative estimate of drug-likeness (QED) is 0.424. The van der Waals surface area contributed by atoms with E-state index in [1.807, 2.05) is 0 Å². The zero-order chi connectivity index (χ0) is 25.8. The summed E-state index contributed by atoms with van der Waals surface area (Å²) in [4.78, 5) is 53.0. The molecule has 0 saturated heterocycles. The molecular weight excluding hydrogens is 471 g/mol. The molecule has 2 amide bonds. The van der Waals surface area contributed by atoms with E-state index in [2.05, 4.69) is 20.7 Å². The summed E-state index contributed by atoms with van der Waals surface area (Å²) in [5, 5.41) is 9.02. The zero-order valence-electron chi connectivity index (χ0n) is 19.1. The van der Waals surface area contributed by atoms with Crippen molar-refractivity contribution in [2.75, 3.05) is 10.6 Å². The van der Waals surface area contributed by atoms with E-state index in [0.29, 0.717) is 23.0 Å². The van der Waals surface area contributed by atoms with Gasteiger partial charge < -0.3 is 15.4 Å². The number of halogens is 1. The minimum Gasteiger partial charge on any atom is -0.457 e. The van der Waals surface area contributed by atoms with E-state index < -0.39 is 28.7 Å². The van der Waals surface area contributed by atoms with Crippen LogP contribution in [0.15, 0.2) is 76.4 Å². The Labute approximate surface area is 202 Å². The van der Waals surface area contributed by atoms with Gasteiger partial charge in [0.25, 0.3) is 11.5 Å². The fraction of sp³-hybridized carbons (Fsp3) is 0.0833. The largest absolute Gasteiger partial charge is 0.457 e. The van der Waals surface area contributed by atoms with Crippen LogP contribution in [0.3, 0.4) is 0 Å². The zero-order valence-corrected chi connectivity index (χ0v) is 19.1. The van der Waals surface area contributed by atoms with Crippen molar-refractivity contribution in [1.29, 1.82) is 0 Å². The molecule has 0 bridgehead atoms. The van der Waals surface area contributed by atoms with Crippen molar-refractivity contribution >= 4 is 23.3 Å². The molecule has 0 unspecified atom stereocenters. The molecule has 11 nitrogen and oxygen atoms in total. The normalized spacial score (nSPS) is 10.5. The second-order valence-electron chi connectivity index (χ2n) is 7.52. The first kappa shape index (κ1) is 24.0. The topological polar surface area (TPSA) is 137 Å². The van der Waals surface area contributed by atoms with Crippen molar-refractivity contribution < 1.29 is 18.7 Å². The first-order chi connectivity index (χ1) is 17.2. The Morgan fingerprint density at radius 1 is 0.944 bits per heavy atom. The lowest BCUT2D eigenvalue weighted by atomic mass is 10.3. The number of rotatable bonds is 6. The first-order valence-electron chi connectivity index (χ1n) is 10.5. The van der Waals surface area contributed by atoms with E-state index in [1.165, 1.54) is 32.3 Å². The van der Waals surface area contributed by atoms with Crippen LogP contribution in [0.25, 0.3) is 5.69 Å². The summed E-state index contributed by atoms with van der Waals surface area (Å²) in [6, 6.07) is 14.3. The number of nitrogens with zero attached hydrogens (tertiary/aromatic N) is 4. The van der Waals surface area contributed by atoms with Crippen LogP contribution >= 0.6 is 0 Å². The van der Waals surface area contributed by atoms with E-state index >= 15 is 0 Å². The number of hydrogen-bond donors (Lipinski definition) is 2. The summed E-state index contributed by atoms with van der Waals surface area (Å²) >= 11 is 0. The van der Waals surface area contributed by atoms with Crippen molar-refractivity contribution in [3.63, 3.8) is 0 Å². The van der Waals surface area contributed by atoms with Crippen molar-refractivity contribution in [3.05, 3.63) is 99.2 Å². The monoisotopic (exact) mass is 490 g/mol. The average molecular weight is 490 g/mol. The Balaban J connectivity index is 1.53. The fourth-order valence-electron chi connectivity index (χ4n) is 3.12. The van der Waals surface area contributed by atoms with E-state index in [0.717, 1.165) is 21.4 Å². The first-order valence-corrected chi connectivity index (χ1v) is 10.5. The van der Waals surface area contributed by atoms with Crippen LogP contribution in [-0.2, 0) is 11.8 Å². The van der Waals surface area contributed by atoms with Crippen LogP contribution in [0.5, 0.6) is 11.5 Å². The number of carbonyl (C=O) groups is 2. The highest BCUT2D eigenvalue weighted by Gasteiger charge is 2.19. The van der Waals surface area contributed by atoms with Gasteiger partial charge in [-0.05, 0) is 54.6 Å². The molecule has 0 fully saturated rings. The van der Waals surface area contributed by atoms with Crippen LogP contribution in [0.2, 0.25) is 0 Å². The fourth-order valence-corrected chi connectivity index (χ4v) is 3.12. The van der Waals surface area contributed by atoms with E-state index in [9.17, 15) is 23.6 Å². The third kappa shape index (κ3) is 5.33. The molecule has 0 atom stereocenters. The molecule has 12 heteroatoms. The number of benzene rings is 2. The molecule has 182 valence electrons. The van der Waals surface area contributed by atoms with Crippen LogP contribution in [0.1, 0.15) is 17.4 Å². The minimum absolute atomic E-state index is 0.185. The number of nitrogens with one attached hydrogen (secondary N) is 2. The molecule has 2 aromatic carbocycles. The minimum atomic E-state index is -0.886.